The number of carbonyl (C=O) groups excluding carboxylic acids is 1. The van der Waals surface area contributed by atoms with E-state index in [1.807, 2.05) is 47.8 Å². The number of sulfonamides is 1. The molecule has 0 atom stereocenters. The van der Waals surface area contributed by atoms with Crippen molar-refractivity contribution in [3.8, 4) is 11.3 Å². The molecule has 0 fully saturated rings. The second-order valence-corrected chi connectivity index (χ2v) is 10.9. The van der Waals surface area contributed by atoms with Crippen molar-refractivity contribution < 1.29 is 13.2 Å². The number of rotatable bonds is 9. The number of aromatic nitrogens is 1. The van der Waals surface area contributed by atoms with Crippen molar-refractivity contribution in [2.24, 2.45) is 0 Å². The Kier molecular flexibility index (Phi) is 7.85. The quantitative estimate of drug-likeness (QED) is 0.280. The second kappa shape index (κ2) is 10.8. The summed E-state index contributed by atoms with van der Waals surface area (Å²) in [4.78, 5) is 17.4. The summed E-state index contributed by atoms with van der Waals surface area (Å²) in [5.41, 5.74) is 2.09. The number of hydrogen-bond acceptors (Lipinski definition) is 5. The van der Waals surface area contributed by atoms with Crippen molar-refractivity contribution in [1.29, 1.82) is 0 Å². The Hall–Kier alpha value is -2.49. The molecule has 0 aliphatic rings. The molecule has 1 N–H and O–H groups in total. The van der Waals surface area contributed by atoms with Crippen molar-refractivity contribution in [3.63, 3.8) is 0 Å². The SMILES string of the molecule is O=C(Nc1nc(-c2cccc3ccccc23)cs1)c1ccc(S(=O)(=O)N(CCCl)CCCl)cc1. The van der Waals surface area contributed by atoms with Crippen LogP contribution >= 0.6 is 34.5 Å². The monoisotopic (exact) mass is 533 g/mol. The van der Waals surface area contributed by atoms with Crippen molar-refractivity contribution in [1.82, 2.24) is 9.29 Å². The fourth-order valence-corrected chi connectivity index (χ4v) is 6.30. The van der Waals surface area contributed by atoms with Gasteiger partial charge in [0.15, 0.2) is 5.13 Å². The minimum Gasteiger partial charge on any atom is -0.298 e. The van der Waals surface area contributed by atoms with Gasteiger partial charge in [-0.05, 0) is 35.0 Å². The molecule has 1 amide bonds. The van der Waals surface area contributed by atoms with Gasteiger partial charge < -0.3 is 0 Å². The highest BCUT2D eigenvalue weighted by atomic mass is 35.5. The third kappa shape index (κ3) is 5.26. The van der Waals surface area contributed by atoms with Gasteiger partial charge in [-0.3, -0.25) is 10.1 Å². The summed E-state index contributed by atoms with van der Waals surface area (Å²) in [5, 5.41) is 7.35. The smallest absolute Gasteiger partial charge is 0.257 e. The molecule has 0 bridgehead atoms. The molecule has 34 heavy (non-hydrogen) atoms. The molecule has 0 saturated heterocycles. The lowest BCUT2D eigenvalue weighted by Crippen LogP contribution is -2.34. The molecule has 0 spiro atoms. The summed E-state index contributed by atoms with van der Waals surface area (Å²) in [7, 11) is -3.75. The molecular formula is C24H21Cl2N3O3S2. The maximum atomic E-state index is 12.8. The lowest BCUT2D eigenvalue weighted by molar-refractivity contribution is 0.102. The molecule has 0 aliphatic carbocycles. The molecule has 10 heteroatoms. The van der Waals surface area contributed by atoms with Crippen LogP contribution in [0, 0.1) is 0 Å². The molecule has 0 saturated carbocycles. The summed E-state index contributed by atoms with van der Waals surface area (Å²) in [6.07, 6.45) is 0. The van der Waals surface area contributed by atoms with Gasteiger partial charge in [-0.2, -0.15) is 4.31 Å². The number of anilines is 1. The first-order valence-electron chi connectivity index (χ1n) is 10.4. The zero-order valence-electron chi connectivity index (χ0n) is 17.9. The summed E-state index contributed by atoms with van der Waals surface area (Å²) >= 11 is 12.8. The normalized spacial score (nSPS) is 11.7. The molecule has 4 rings (SSSR count). The van der Waals surface area contributed by atoms with E-state index >= 15 is 0 Å². The Morgan fingerprint density at radius 2 is 1.62 bits per heavy atom. The van der Waals surface area contributed by atoms with E-state index in [4.69, 9.17) is 23.2 Å². The van der Waals surface area contributed by atoms with E-state index < -0.39 is 10.0 Å². The van der Waals surface area contributed by atoms with Crippen LogP contribution in [0.3, 0.4) is 0 Å². The summed E-state index contributed by atoms with van der Waals surface area (Å²) in [6.45, 7) is 0.309. The van der Waals surface area contributed by atoms with Gasteiger partial charge in [0, 0.05) is 41.4 Å². The summed E-state index contributed by atoms with van der Waals surface area (Å²) in [6, 6.07) is 19.8. The minimum atomic E-state index is -3.75. The van der Waals surface area contributed by atoms with Crippen molar-refractivity contribution in [2.45, 2.75) is 4.90 Å². The number of amides is 1. The maximum absolute atomic E-state index is 12.8. The Morgan fingerprint density at radius 3 is 2.32 bits per heavy atom. The number of nitrogens with one attached hydrogen (secondary N) is 1. The maximum Gasteiger partial charge on any atom is 0.257 e. The van der Waals surface area contributed by atoms with Crippen LogP contribution < -0.4 is 5.32 Å². The van der Waals surface area contributed by atoms with Gasteiger partial charge in [0.1, 0.15) is 0 Å². The Morgan fingerprint density at radius 1 is 0.941 bits per heavy atom. The van der Waals surface area contributed by atoms with E-state index in [0.29, 0.717) is 10.7 Å². The van der Waals surface area contributed by atoms with Gasteiger partial charge in [0.2, 0.25) is 10.0 Å². The molecule has 0 unspecified atom stereocenters. The zero-order chi connectivity index (χ0) is 24.1. The highest BCUT2D eigenvalue weighted by molar-refractivity contribution is 7.89. The lowest BCUT2D eigenvalue weighted by atomic mass is 10.0. The largest absolute Gasteiger partial charge is 0.298 e. The van der Waals surface area contributed by atoms with Crippen LogP contribution in [0.25, 0.3) is 22.0 Å². The average molecular weight is 534 g/mol. The Bertz CT molecular complexity index is 1400. The molecule has 6 nitrogen and oxygen atoms in total. The zero-order valence-corrected chi connectivity index (χ0v) is 21.1. The fourth-order valence-electron chi connectivity index (χ4n) is 3.54. The van der Waals surface area contributed by atoms with E-state index in [1.54, 1.807) is 0 Å². The molecule has 0 radical (unpaired) electrons. The number of carbonyl (C=O) groups is 1. The number of thiazole rings is 1. The predicted octanol–water partition coefficient (Wildman–Crippen LogP) is 5.68. The third-order valence-electron chi connectivity index (χ3n) is 5.21. The molecule has 4 aromatic rings. The number of fused-ring (bicyclic) bond motifs is 1. The van der Waals surface area contributed by atoms with E-state index in [0.717, 1.165) is 22.0 Å². The van der Waals surface area contributed by atoms with Crippen LogP contribution in [0.4, 0.5) is 5.13 Å². The Balaban J connectivity index is 1.50. The fraction of sp³-hybridized carbons (Fsp3) is 0.167. The van der Waals surface area contributed by atoms with Crippen molar-refractivity contribution >= 4 is 66.4 Å². The molecule has 176 valence electrons. The molecule has 1 aromatic heterocycles. The summed E-state index contributed by atoms with van der Waals surface area (Å²) in [5.74, 6) is -0.0581. The van der Waals surface area contributed by atoms with Gasteiger partial charge in [0.25, 0.3) is 5.91 Å². The first kappa shape index (κ1) is 24.6. The standard InChI is InChI=1S/C24H21Cl2N3O3S2/c25-12-14-29(15-13-26)34(31,32)19-10-8-18(9-11-19)23(30)28-24-27-22(16-33-24)21-7-3-5-17-4-1-2-6-20(17)21/h1-11,16H,12-15H2,(H,27,28,30). The van der Waals surface area contributed by atoms with E-state index in [9.17, 15) is 13.2 Å². The predicted molar refractivity (Wildman–Crippen MR) is 140 cm³/mol. The molecular weight excluding hydrogens is 513 g/mol. The van der Waals surface area contributed by atoms with Crippen LogP contribution in [0.15, 0.2) is 77.0 Å². The number of nitrogens with zero attached hydrogens (tertiary/aromatic N) is 2. The molecule has 1 heterocycles. The van der Waals surface area contributed by atoms with E-state index in [-0.39, 0.29) is 35.7 Å². The highest BCUT2D eigenvalue weighted by Crippen LogP contribution is 2.31. The van der Waals surface area contributed by atoms with Crippen LogP contribution in [0.5, 0.6) is 0 Å². The Labute approximate surface area is 212 Å². The first-order valence-corrected chi connectivity index (χ1v) is 13.8. The summed E-state index contributed by atoms with van der Waals surface area (Å²) < 4.78 is 26.9. The number of hydrogen-bond donors (Lipinski definition) is 1. The lowest BCUT2D eigenvalue weighted by Gasteiger charge is -2.20. The third-order valence-corrected chi connectivity index (χ3v) is 8.22. The van der Waals surface area contributed by atoms with E-state index in [2.05, 4.69) is 10.3 Å². The highest BCUT2D eigenvalue weighted by Gasteiger charge is 2.24. The van der Waals surface area contributed by atoms with Gasteiger partial charge in [-0.1, -0.05) is 42.5 Å². The number of alkyl halides is 2. The topological polar surface area (TPSA) is 79.4 Å². The van der Waals surface area contributed by atoms with E-state index in [1.165, 1.54) is 39.9 Å². The molecule has 0 aliphatic heterocycles. The van der Waals surface area contributed by atoms with Gasteiger partial charge >= 0.3 is 0 Å². The number of benzene rings is 3. The van der Waals surface area contributed by atoms with Crippen LogP contribution in [0.1, 0.15) is 10.4 Å². The van der Waals surface area contributed by atoms with Gasteiger partial charge in [-0.15, -0.1) is 34.5 Å². The molecule has 3 aromatic carbocycles. The van der Waals surface area contributed by atoms with Crippen molar-refractivity contribution in [3.05, 3.63) is 77.7 Å². The van der Waals surface area contributed by atoms with Crippen LogP contribution in [0.2, 0.25) is 0 Å². The van der Waals surface area contributed by atoms with Gasteiger partial charge in [0.05, 0.1) is 10.6 Å². The van der Waals surface area contributed by atoms with Gasteiger partial charge in [-0.25, -0.2) is 13.4 Å². The first-order chi connectivity index (χ1) is 16.4. The van der Waals surface area contributed by atoms with Crippen LogP contribution in [-0.4, -0.2) is 48.5 Å². The second-order valence-electron chi connectivity index (χ2n) is 7.33. The minimum absolute atomic E-state index is 0.0757. The van der Waals surface area contributed by atoms with Crippen LogP contribution in [-0.2, 0) is 10.0 Å². The number of halogens is 2. The average Bonchev–Trinajstić information content (AvgIpc) is 3.31. The van der Waals surface area contributed by atoms with Crippen molar-refractivity contribution in [2.75, 3.05) is 30.2 Å².